The molecule has 1 heterocycles. The second-order valence-corrected chi connectivity index (χ2v) is 6.01. The van der Waals surface area contributed by atoms with E-state index in [1.807, 2.05) is 60.7 Å². The molecule has 0 aliphatic heterocycles. The van der Waals surface area contributed by atoms with Gasteiger partial charge in [-0.15, -0.1) is 5.10 Å². The normalized spacial score (nSPS) is 10.6. The van der Waals surface area contributed by atoms with Gasteiger partial charge in [0.15, 0.2) is 5.78 Å². The van der Waals surface area contributed by atoms with E-state index in [4.69, 9.17) is 0 Å². The van der Waals surface area contributed by atoms with Gasteiger partial charge < -0.3 is 0 Å². The van der Waals surface area contributed by atoms with E-state index in [1.165, 1.54) is 0 Å². The monoisotopic (exact) mass is 324 g/mol. The largest absolute Gasteiger partial charge is 0.294 e. The number of Topliss-reactive ketones (excluding diaryl/α,β-unsaturated/α-hetero) is 1. The van der Waals surface area contributed by atoms with Gasteiger partial charge in [0.2, 0.25) is 5.16 Å². The van der Waals surface area contributed by atoms with Crippen LogP contribution in [0.5, 0.6) is 0 Å². The second kappa shape index (κ2) is 7.69. The number of carbonyl (C=O) groups excluding carboxylic acids is 1. The van der Waals surface area contributed by atoms with Crippen LogP contribution in [0.2, 0.25) is 0 Å². The van der Waals surface area contributed by atoms with Crippen LogP contribution in [0.15, 0.2) is 65.8 Å². The van der Waals surface area contributed by atoms with Crippen molar-refractivity contribution in [2.24, 2.45) is 0 Å². The van der Waals surface area contributed by atoms with Gasteiger partial charge >= 0.3 is 0 Å². The van der Waals surface area contributed by atoms with Crippen LogP contribution in [0.3, 0.4) is 0 Å². The molecule has 0 bridgehead atoms. The summed E-state index contributed by atoms with van der Waals surface area (Å²) in [6, 6.07) is 19.2. The highest BCUT2D eigenvalue weighted by Gasteiger charge is 2.09. The van der Waals surface area contributed by atoms with Crippen molar-refractivity contribution in [1.29, 1.82) is 0 Å². The molecule has 2 aromatic carbocycles. The number of aromatic nitrogens is 4. The van der Waals surface area contributed by atoms with Gasteiger partial charge in [0.1, 0.15) is 0 Å². The van der Waals surface area contributed by atoms with Crippen LogP contribution in [-0.2, 0) is 0 Å². The molecule has 3 rings (SSSR count). The van der Waals surface area contributed by atoms with E-state index < -0.39 is 0 Å². The maximum atomic E-state index is 12.0. The minimum atomic E-state index is 0.175. The van der Waals surface area contributed by atoms with Crippen molar-refractivity contribution in [3.63, 3.8) is 0 Å². The number of ketones is 1. The number of nitrogens with zero attached hydrogens (tertiary/aromatic N) is 4. The van der Waals surface area contributed by atoms with Crippen LogP contribution >= 0.6 is 11.8 Å². The maximum Gasteiger partial charge on any atom is 0.214 e. The molecule has 5 nitrogen and oxygen atoms in total. The van der Waals surface area contributed by atoms with E-state index in [1.54, 1.807) is 16.4 Å². The van der Waals surface area contributed by atoms with Crippen molar-refractivity contribution in [3.05, 3.63) is 66.2 Å². The molecule has 6 heteroatoms. The molecule has 116 valence electrons. The number of benzene rings is 2. The van der Waals surface area contributed by atoms with Crippen LogP contribution in [0.4, 0.5) is 0 Å². The molecule has 23 heavy (non-hydrogen) atoms. The van der Waals surface area contributed by atoms with Crippen molar-refractivity contribution >= 4 is 17.5 Å². The molecule has 0 saturated carbocycles. The summed E-state index contributed by atoms with van der Waals surface area (Å²) in [6.45, 7) is 0. The fraction of sp³-hybridized carbons (Fsp3) is 0.176. The molecule has 0 fully saturated rings. The Morgan fingerprint density at radius 2 is 1.70 bits per heavy atom. The Morgan fingerprint density at radius 1 is 1.00 bits per heavy atom. The Kier molecular flexibility index (Phi) is 5.16. The van der Waals surface area contributed by atoms with E-state index >= 15 is 0 Å². The molecule has 1 aromatic heterocycles. The third-order valence-electron chi connectivity index (χ3n) is 3.32. The predicted octanol–water partition coefficient (Wildman–Crippen LogP) is 3.42. The number of hydrogen-bond acceptors (Lipinski definition) is 5. The van der Waals surface area contributed by atoms with Crippen molar-refractivity contribution < 1.29 is 4.79 Å². The van der Waals surface area contributed by atoms with Gasteiger partial charge in [-0.05, 0) is 29.0 Å². The van der Waals surface area contributed by atoms with Gasteiger partial charge in [0.25, 0.3) is 0 Å². The van der Waals surface area contributed by atoms with Crippen LogP contribution < -0.4 is 0 Å². The minimum absolute atomic E-state index is 0.175. The molecule has 0 radical (unpaired) electrons. The lowest BCUT2D eigenvalue weighted by Gasteiger charge is -2.04. The Bertz CT molecular complexity index is 759. The number of carbonyl (C=O) groups is 1. The highest BCUT2D eigenvalue weighted by molar-refractivity contribution is 7.99. The lowest BCUT2D eigenvalue weighted by atomic mass is 10.1. The highest BCUT2D eigenvalue weighted by Crippen LogP contribution is 2.19. The molecule has 0 aliphatic rings. The standard InChI is InChI=1S/C17H16N4OS/c22-16(14-8-3-1-4-9-14)12-7-13-23-17-18-19-20-21(17)15-10-5-2-6-11-15/h1-6,8-11H,7,12-13H2. The number of tetrazole rings is 1. The quantitative estimate of drug-likeness (QED) is 0.378. The van der Waals surface area contributed by atoms with E-state index in [0.717, 1.165) is 28.6 Å². The van der Waals surface area contributed by atoms with E-state index in [2.05, 4.69) is 15.5 Å². The van der Waals surface area contributed by atoms with Crippen molar-refractivity contribution in [2.75, 3.05) is 5.75 Å². The zero-order valence-electron chi connectivity index (χ0n) is 12.5. The number of para-hydroxylation sites is 1. The number of rotatable bonds is 7. The lowest BCUT2D eigenvalue weighted by molar-refractivity contribution is 0.0982. The molecule has 3 aromatic rings. The summed E-state index contributed by atoms with van der Waals surface area (Å²) in [5.41, 5.74) is 1.70. The van der Waals surface area contributed by atoms with Crippen molar-refractivity contribution in [3.8, 4) is 5.69 Å². The minimum Gasteiger partial charge on any atom is -0.294 e. The highest BCUT2D eigenvalue weighted by atomic mass is 32.2. The molecule has 0 unspecified atom stereocenters. The first-order valence-electron chi connectivity index (χ1n) is 7.39. The fourth-order valence-electron chi connectivity index (χ4n) is 2.16. The van der Waals surface area contributed by atoms with E-state index in [0.29, 0.717) is 6.42 Å². The van der Waals surface area contributed by atoms with Gasteiger partial charge in [-0.3, -0.25) is 4.79 Å². The fourth-order valence-corrected chi connectivity index (χ4v) is 2.99. The molecule has 0 spiro atoms. The smallest absolute Gasteiger partial charge is 0.214 e. The second-order valence-electron chi connectivity index (χ2n) is 4.95. The first kappa shape index (κ1) is 15.4. The maximum absolute atomic E-state index is 12.0. The summed E-state index contributed by atoms with van der Waals surface area (Å²) in [6.07, 6.45) is 1.32. The molecular formula is C17H16N4OS. The van der Waals surface area contributed by atoms with Crippen LogP contribution in [-0.4, -0.2) is 31.7 Å². The number of hydrogen-bond donors (Lipinski definition) is 0. The van der Waals surface area contributed by atoms with Crippen LogP contribution in [0.1, 0.15) is 23.2 Å². The first-order valence-corrected chi connectivity index (χ1v) is 8.38. The van der Waals surface area contributed by atoms with Gasteiger partial charge in [-0.2, -0.15) is 4.68 Å². The van der Waals surface area contributed by atoms with Crippen molar-refractivity contribution in [2.45, 2.75) is 18.0 Å². The Hall–Kier alpha value is -2.47. The molecule has 0 amide bonds. The third kappa shape index (κ3) is 4.04. The lowest BCUT2D eigenvalue weighted by Crippen LogP contribution is -2.01. The Morgan fingerprint density at radius 3 is 2.43 bits per heavy atom. The van der Waals surface area contributed by atoms with Crippen LogP contribution in [0.25, 0.3) is 5.69 Å². The molecule has 0 saturated heterocycles. The van der Waals surface area contributed by atoms with Gasteiger partial charge in [0.05, 0.1) is 5.69 Å². The summed E-state index contributed by atoms with van der Waals surface area (Å²) in [5, 5.41) is 12.5. The van der Waals surface area contributed by atoms with Gasteiger partial charge in [0, 0.05) is 17.7 Å². The Labute approximate surface area is 138 Å². The SMILES string of the molecule is O=C(CCCSc1nnnn1-c1ccccc1)c1ccccc1. The topological polar surface area (TPSA) is 60.7 Å². The average molecular weight is 324 g/mol. The summed E-state index contributed by atoms with van der Waals surface area (Å²) in [5.74, 6) is 0.972. The molecule has 0 N–H and O–H groups in total. The molecular weight excluding hydrogens is 308 g/mol. The summed E-state index contributed by atoms with van der Waals surface area (Å²) < 4.78 is 1.71. The summed E-state index contributed by atoms with van der Waals surface area (Å²) >= 11 is 1.56. The van der Waals surface area contributed by atoms with Gasteiger partial charge in [-0.25, -0.2) is 0 Å². The predicted molar refractivity (Wildman–Crippen MR) is 89.9 cm³/mol. The number of thioether (sulfide) groups is 1. The van der Waals surface area contributed by atoms with Gasteiger partial charge in [-0.1, -0.05) is 60.3 Å². The van der Waals surface area contributed by atoms with E-state index in [9.17, 15) is 4.79 Å². The Balaban J connectivity index is 1.52. The zero-order chi connectivity index (χ0) is 15.9. The molecule has 0 aliphatic carbocycles. The van der Waals surface area contributed by atoms with E-state index in [-0.39, 0.29) is 5.78 Å². The molecule has 0 atom stereocenters. The third-order valence-corrected chi connectivity index (χ3v) is 4.32. The first-order chi connectivity index (χ1) is 11.3. The summed E-state index contributed by atoms with van der Waals surface area (Å²) in [7, 11) is 0. The zero-order valence-corrected chi connectivity index (χ0v) is 13.3. The summed E-state index contributed by atoms with van der Waals surface area (Å²) in [4.78, 5) is 12.0. The average Bonchev–Trinajstić information content (AvgIpc) is 3.08. The van der Waals surface area contributed by atoms with Crippen LogP contribution in [0, 0.1) is 0 Å². The van der Waals surface area contributed by atoms with Crippen molar-refractivity contribution in [1.82, 2.24) is 20.2 Å².